The number of nitrogens with zero attached hydrogens (tertiary/aromatic N) is 1. The fraction of sp³-hybridized carbons (Fsp3) is 0.154. The summed E-state index contributed by atoms with van der Waals surface area (Å²) >= 11 is 0. The summed E-state index contributed by atoms with van der Waals surface area (Å²) in [7, 11) is 2.04. The van der Waals surface area contributed by atoms with Gasteiger partial charge in [-0.25, -0.2) is 9.55 Å². The Labute approximate surface area is 89.9 Å². The molecule has 0 bridgehead atoms. The highest BCUT2D eigenvalue weighted by molar-refractivity contribution is 5.38. The molecular formula is C13H15N2+. The minimum atomic E-state index is 0.922. The maximum atomic E-state index is 3.75. The molecule has 1 heterocycles. The topological polar surface area (TPSA) is 19.7 Å². The lowest BCUT2D eigenvalue weighted by molar-refractivity contribution is -0.677. The molecule has 0 saturated carbocycles. The van der Waals surface area contributed by atoms with Crippen LogP contribution in [0.3, 0.4) is 0 Å². The van der Waals surface area contributed by atoms with E-state index in [9.17, 15) is 0 Å². The van der Waals surface area contributed by atoms with Crippen LogP contribution >= 0.6 is 0 Å². The lowest BCUT2D eigenvalue weighted by Gasteiger charge is -1.95. The zero-order valence-electron chi connectivity index (χ0n) is 8.90. The highest BCUT2D eigenvalue weighted by Gasteiger charge is 2.10. The van der Waals surface area contributed by atoms with Crippen molar-refractivity contribution in [3.8, 4) is 0 Å². The Morgan fingerprint density at radius 3 is 2.67 bits per heavy atom. The van der Waals surface area contributed by atoms with E-state index in [2.05, 4.69) is 40.4 Å². The van der Waals surface area contributed by atoms with Crippen LogP contribution in [0.1, 0.15) is 17.1 Å². The van der Waals surface area contributed by atoms with E-state index in [1.165, 1.54) is 11.4 Å². The monoisotopic (exact) mass is 199 g/mol. The van der Waals surface area contributed by atoms with E-state index in [1.807, 2.05) is 25.4 Å². The van der Waals surface area contributed by atoms with Gasteiger partial charge in [0.2, 0.25) is 0 Å². The molecule has 76 valence electrons. The minimum Gasteiger partial charge on any atom is -0.241 e. The smallest absolute Gasteiger partial charge is 0.241 e. The zero-order valence-corrected chi connectivity index (χ0v) is 8.90. The van der Waals surface area contributed by atoms with Crippen LogP contribution in [0.25, 0.3) is 6.08 Å². The van der Waals surface area contributed by atoms with E-state index in [1.54, 1.807) is 0 Å². The van der Waals surface area contributed by atoms with Gasteiger partial charge in [0.05, 0.1) is 13.5 Å². The fourth-order valence-electron chi connectivity index (χ4n) is 1.64. The molecule has 2 nitrogen and oxygen atoms in total. The van der Waals surface area contributed by atoms with Crippen LogP contribution in [0.5, 0.6) is 0 Å². The number of aromatic amines is 1. The Bertz CT molecular complexity index is 455. The van der Waals surface area contributed by atoms with Crippen molar-refractivity contribution in [2.24, 2.45) is 7.05 Å². The van der Waals surface area contributed by atoms with Gasteiger partial charge in [-0.2, -0.15) is 0 Å². The average molecular weight is 199 g/mol. The Hall–Kier alpha value is -1.83. The third-order valence-corrected chi connectivity index (χ3v) is 2.48. The third kappa shape index (κ3) is 2.15. The van der Waals surface area contributed by atoms with Gasteiger partial charge in [-0.05, 0) is 11.6 Å². The second kappa shape index (κ2) is 4.13. The van der Waals surface area contributed by atoms with Crippen LogP contribution in [-0.4, -0.2) is 4.98 Å². The van der Waals surface area contributed by atoms with Crippen molar-refractivity contribution in [1.82, 2.24) is 4.98 Å². The summed E-state index contributed by atoms with van der Waals surface area (Å²) in [6.07, 6.45) is 4.80. The van der Waals surface area contributed by atoms with E-state index in [-0.39, 0.29) is 0 Å². The number of hydrogen-bond acceptors (Lipinski definition) is 0. The van der Waals surface area contributed by atoms with Crippen molar-refractivity contribution in [2.75, 3.05) is 0 Å². The van der Waals surface area contributed by atoms with Crippen LogP contribution in [-0.2, 0) is 13.5 Å². The van der Waals surface area contributed by atoms with Crippen LogP contribution in [0.4, 0.5) is 0 Å². The quantitative estimate of drug-likeness (QED) is 0.730. The molecule has 0 saturated heterocycles. The highest BCUT2D eigenvalue weighted by Crippen LogP contribution is 2.05. The summed E-state index contributed by atoms with van der Waals surface area (Å²) in [5.41, 5.74) is 2.37. The van der Waals surface area contributed by atoms with Crippen LogP contribution in [0.2, 0.25) is 0 Å². The number of benzene rings is 1. The van der Waals surface area contributed by atoms with E-state index in [0.29, 0.717) is 0 Å². The molecule has 2 aromatic rings. The Morgan fingerprint density at radius 1 is 1.33 bits per heavy atom. The lowest BCUT2D eigenvalue weighted by Crippen LogP contribution is -2.30. The number of nitrogens with one attached hydrogen (secondary N) is 1. The van der Waals surface area contributed by atoms with E-state index in [4.69, 9.17) is 0 Å². The molecule has 0 aliphatic rings. The first-order valence-corrected chi connectivity index (χ1v) is 5.03. The second-order valence-corrected chi connectivity index (χ2v) is 3.63. The highest BCUT2D eigenvalue weighted by atomic mass is 15.0. The van der Waals surface area contributed by atoms with Gasteiger partial charge in [-0.3, -0.25) is 0 Å². The van der Waals surface area contributed by atoms with E-state index < -0.39 is 0 Å². The van der Waals surface area contributed by atoms with Gasteiger partial charge in [0.15, 0.2) is 5.69 Å². The minimum absolute atomic E-state index is 0.922. The van der Waals surface area contributed by atoms with E-state index in [0.717, 1.165) is 12.1 Å². The molecule has 0 radical (unpaired) electrons. The van der Waals surface area contributed by atoms with Gasteiger partial charge in [0.1, 0.15) is 6.20 Å². The molecule has 0 atom stereocenters. The number of H-pyrrole nitrogens is 1. The number of aryl methyl sites for hydroxylation is 1. The SMILES string of the molecule is C=Cc1c[n+](C)c(Cc2ccccc2)[nH]1. The molecule has 1 N–H and O–H groups in total. The predicted molar refractivity (Wildman–Crippen MR) is 61.3 cm³/mol. The van der Waals surface area contributed by atoms with Gasteiger partial charge in [0.25, 0.3) is 5.82 Å². The standard InChI is InChI=1S/C13H14N2/c1-3-12-10-15(2)13(14-12)9-11-7-5-4-6-8-11/h3-8,10H,1,9H2,2H3/p+1. The first kappa shape index (κ1) is 9.71. The van der Waals surface area contributed by atoms with Gasteiger partial charge >= 0.3 is 0 Å². The Morgan fingerprint density at radius 2 is 2.07 bits per heavy atom. The summed E-state index contributed by atoms with van der Waals surface area (Å²) in [5.74, 6) is 1.19. The van der Waals surface area contributed by atoms with Gasteiger partial charge in [0, 0.05) is 0 Å². The molecule has 0 unspecified atom stereocenters. The van der Waals surface area contributed by atoms with Crippen molar-refractivity contribution >= 4 is 6.08 Å². The number of hydrogen-bond donors (Lipinski definition) is 1. The normalized spacial score (nSPS) is 10.2. The summed E-state index contributed by atoms with van der Waals surface area (Å²) in [6, 6.07) is 10.4. The molecule has 2 heteroatoms. The molecule has 15 heavy (non-hydrogen) atoms. The molecule has 0 fully saturated rings. The molecule has 0 aliphatic carbocycles. The van der Waals surface area contributed by atoms with Crippen LogP contribution < -0.4 is 4.57 Å². The van der Waals surface area contributed by atoms with Crippen molar-refractivity contribution < 1.29 is 4.57 Å². The first-order valence-electron chi connectivity index (χ1n) is 5.03. The summed E-state index contributed by atoms with van der Waals surface area (Å²) in [6.45, 7) is 3.75. The van der Waals surface area contributed by atoms with Gasteiger partial charge in [-0.1, -0.05) is 36.9 Å². The van der Waals surface area contributed by atoms with Crippen LogP contribution in [0.15, 0.2) is 43.1 Å². The Kier molecular flexibility index (Phi) is 2.68. The number of imidazole rings is 1. The van der Waals surface area contributed by atoms with Crippen LogP contribution in [0, 0.1) is 0 Å². The predicted octanol–water partition coefficient (Wildman–Crippen LogP) is 2.07. The molecule has 2 rings (SSSR count). The zero-order chi connectivity index (χ0) is 10.7. The molecule has 0 amide bonds. The van der Waals surface area contributed by atoms with Crippen molar-refractivity contribution in [1.29, 1.82) is 0 Å². The molecular weight excluding hydrogens is 184 g/mol. The summed E-state index contributed by atoms with van der Waals surface area (Å²) in [5, 5.41) is 0. The molecule has 1 aromatic carbocycles. The Balaban J connectivity index is 2.24. The summed E-state index contributed by atoms with van der Waals surface area (Å²) in [4.78, 5) is 3.32. The van der Waals surface area contributed by atoms with Crippen molar-refractivity contribution in [3.05, 3.63) is 60.2 Å². The lowest BCUT2D eigenvalue weighted by atomic mass is 10.1. The average Bonchev–Trinajstić information content (AvgIpc) is 2.61. The van der Waals surface area contributed by atoms with Gasteiger partial charge < -0.3 is 0 Å². The fourth-order valence-corrected chi connectivity index (χ4v) is 1.64. The van der Waals surface area contributed by atoms with Gasteiger partial charge in [-0.15, -0.1) is 0 Å². The summed E-state index contributed by atoms with van der Waals surface area (Å²) < 4.78 is 2.10. The first-order chi connectivity index (χ1) is 7.29. The van der Waals surface area contributed by atoms with Crippen molar-refractivity contribution in [3.63, 3.8) is 0 Å². The molecule has 0 aliphatic heterocycles. The maximum absolute atomic E-state index is 3.75. The maximum Gasteiger partial charge on any atom is 0.258 e. The molecule has 0 spiro atoms. The van der Waals surface area contributed by atoms with E-state index >= 15 is 0 Å². The number of rotatable bonds is 3. The largest absolute Gasteiger partial charge is 0.258 e. The van der Waals surface area contributed by atoms with Crippen molar-refractivity contribution in [2.45, 2.75) is 6.42 Å². The molecule has 1 aromatic heterocycles. The second-order valence-electron chi connectivity index (χ2n) is 3.63. The number of aromatic nitrogens is 2. The third-order valence-electron chi connectivity index (χ3n) is 2.48.